The second-order valence-corrected chi connectivity index (χ2v) is 6.32. The van der Waals surface area contributed by atoms with Crippen molar-refractivity contribution in [3.05, 3.63) is 77.4 Å². The summed E-state index contributed by atoms with van der Waals surface area (Å²) in [6, 6.07) is 7.74. The number of pyridine rings is 1. The summed E-state index contributed by atoms with van der Waals surface area (Å²) in [6.07, 6.45) is 8.37. The van der Waals surface area contributed by atoms with E-state index in [9.17, 15) is 4.79 Å². The van der Waals surface area contributed by atoms with Crippen LogP contribution < -0.4 is 5.32 Å². The Morgan fingerprint density at radius 3 is 2.54 bits per heavy atom. The molecule has 1 aromatic carbocycles. The normalized spacial score (nSPS) is 11.2. The number of allylic oxidation sites excluding steroid dienone is 1. The number of hydrogen-bond donors (Lipinski definition) is 1. The van der Waals surface area contributed by atoms with Crippen LogP contribution in [0.2, 0.25) is 0 Å². The summed E-state index contributed by atoms with van der Waals surface area (Å²) < 4.78 is 5.40. The van der Waals surface area contributed by atoms with Crippen LogP contribution in [0.1, 0.15) is 34.0 Å². The minimum absolute atomic E-state index is 0.238. The molecular formula is C22H22N4O2. The lowest BCUT2D eigenvalue weighted by Crippen LogP contribution is -2.14. The van der Waals surface area contributed by atoms with Crippen molar-refractivity contribution in [2.24, 2.45) is 0 Å². The quantitative estimate of drug-likeness (QED) is 0.669. The first-order chi connectivity index (χ1) is 13.5. The molecule has 0 fully saturated rings. The highest BCUT2D eigenvalue weighted by Gasteiger charge is 2.12. The summed E-state index contributed by atoms with van der Waals surface area (Å²) in [4.78, 5) is 25.2. The molecule has 0 aliphatic carbocycles. The van der Waals surface area contributed by atoms with E-state index in [4.69, 9.17) is 4.74 Å². The van der Waals surface area contributed by atoms with Gasteiger partial charge in [-0.25, -0.2) is 4.98 Å². The fourth-order valence-corrected chi connectivity index (χ4v) is 2.90. The van der Waals surface area contributed by atoms with Gasteiger partial charge in [0.25, 0.3) is 5.91 Å². The molecule has 2 aromatic heterocycles. The number of methoxy groups -OCH3 is 1. The molecule has 3 aromatic rings. The highest BCUT2D eigenvalue weighted by atomic mass is 16.5. The molecule has 6 heteroatoms. The molecule has 0 radical (unpaired) electrons. The van der Waals surface area contributed by atoms with E-state index in [2.05, 4.69) is 20.3 Å². The number of carbonyl (C=O) groups is 1. The summed E-state index contributed by atoms with van der Waals surface area (Å²) >= 11 is 0. The first-order valence-electron chi connectivity index (χ1n) is 8.89. The number of hydrogen-bond acceptors (Lipinski definition) is 5. The smallest absolute Gasteiger partial charge is 0.257 e. The van der Waals surface area contributed by atoms with Crippen LogP contribution in [-0.4, -0.2) is 28.0 Å². The second-order valence-electron chi connectivity index (χ2n) is 6.32. The summed E-state index contributed by atoms with van der Waals surface area (Å²) in [7, 11) is 1.65. The zero-order chi connectivity index (χ0) is 20.1. The first kappa shape index (κ1) is 19.2. The Kier molecular flexibility index (Phi) is 5.79. The maximum Gasteiger partial charge on any atom is 0.257 e. The lowest BCUT2D eigenvalue weighted by Gasteiger charge is -2.11. The van der Waals surface area contributed by atoms with Gasteiger partial charge in [-0.1, -0.05) is 12.1 Å². The standard InChI is InChI=1S/C22H22N4O2/c1-5-20(28-4)16-7-6-14(2)18(10-16)19-12-25-21(13-24-19)26-22(27)17-8-9-23-11-15(17)3/h5-13H,1-4H3,(H,25,26,27)/b20-5-. The predicted octanol–water partition coefficient (Wildman–Crippen LogP) is 4.41. The van der Waals surface area contributed by atoms with Crippen LogP contribution in [0.3, 0.4) is 0 Å². The van der Waals surface area contributed by atoms with E-state index >= 15 is 0 Å². The molecule has 1 amide bonds. The molecular weight excluding hydrogens is 352 g/mol. The Morgan fingerprint density at radius 2 is 1.89 bits per heavy atom. The number of aromatic nitrogens is 3. The Morgan fingerprint density at radius 1 is 1.07 bits per heavy atom. The van der Waals surface area contributed by atoms with Gasteiger partial charge in [0.2, 0.25) is 0 Å². The number of rotatable bonds is 5. The van der Waals surface area contributed by atoms with Crippen molar-refractivity contribution < 1.29 is 9.53 Å². The minimum atomic E-state index is -0.238. The van der Waals surface area contributed by atoms with Gasteiger partial charge >= 0.3 is 0 Å². The SMILES string of the molecule is C/C=C(\OC)c1ccc(C)c(-c2cnc(NC(=O)c3ccncc3C)cn2)c1. The molecule has 0 atom stereocenters. The third kappa shape index (κ3) is 4.06. The van der Waals surface area contributed by atoms with Crippen LogP contribution in [0.15, 0.2) is 55.1 Å². The topological polar surface area (TPSA) is 77.0 Å². The van der Waals surface area contributed by atoms with Crippen molar-refractivity contribution in [2.75, 3.05) is 12.4 Å². The van der Waals surface area contributed by atoms with Crippen molar-refractivity contribution in [1.82, 2.24) is 15.0 Å². The fraction of sp³-hybridized carbons (Fsp3) is 0.182. The molecule has 6 nitrogen and oxygen atoms in total. The zero-order valence-electron chi connectivity index (χ0n) is 16.4. The number of benzene rings is 1. The van der Waals surface area contributed by atoms with Crippen LogP contribution >= 0.6 is 0 Å². The number of anilines is 1. The predicted molar refractivity (Wildman–Crippen MR) is 110 cm³/mol. The van der Waals surface area contributed by atoms with Gasteiger partial charge in [-0.2, -0.15) is 0 Å². The molecule has 0 bridgehead atoms. The third-order valence-electron chi connectivity index (χ3n) is 4.44. The largest absolute Gasteiger partial charge is 0.496 e. The molecule has 0 saturated heterocycles. The van der Waals surface area contributed by atoms with Gasteiger partial charge in [0.05, 0.1) is 25.2 Å². The van der Waals surface area contributed by atoms with E-state index in [1.165, 1.54) is 0 Å². The van der Waals surface area contributed by atoms with Crippen LogP contribution in [0, 0.1) is 13.8 Å². The summed E-state index contributed by atoms with van der Waals surface area (Å²) in [5, 5.41) is 2.77. The average Bonchev–Trinajstić information content (AvgIpc) is 2.71. The molecule has 2 heterocycles. The number of ether oxygens (including phenoxy) is 1. The van der Waals surface area contributed by atoms with Gasteiger partial charge < -0.3 is 10.1 Å². The van der Waals surface area contributed by atoms with Gasteiger partial charge in [-0.3, -0.25) is 14.8 Å². The monoisotopic (exact) mass is 374 g/mol. The molecule has 0 aliphatic rings. The molecule has 0 unspecified atom stereocenters. The van der Waals surface area contributed by atoms with Crippen LogP contribution in [-0.2, 0) is 4.74 Å². The van der Waals surface area contributed by atoms with Crippen molar-refractivity contribution in [3.8, 4) is 11.3 Å². The van der Waals surface area contributed by atoms with Crippen molar-refractivity contribution in [2.45, 2.75) is 20.8 Å². The van der Waals surface area contributed by atoms with E-state index in [0.29, 0.717) is 11.4 Å². The number of aryl methyl sites for hydroxylation is 2. The Bertz CT molecular complexity index is 1030. The first-order valence-corrected chi connectivity index (χ1v) is 8.89. The highest BCUT2D eigenvalue weighted by molar-refractivity contribution is 6.04. The van der Waals surface area contributed by atoms with Crippen LogP contribution in [0.5, 0.6) is 0 Å². The number of nitrogens with zero attached hydrogens (tertiary/aromatic N) is 3. The van der Waals surface area contributed by atoms with E-state index in [0.717, 1.165) is 33.7 Å². The maximum atomic E-state index is 12.4. The number of nitrogens with one attached hydrogen (secondary N) is 1. The second kappa shape index (κ2) is 8.43. The molecule has 0 saturated carbocycles. The van der Waals surface area contributed by atoms with Gasteiger partial charge in [-0.15, -0.1) is 0 Å². The Balaban J connectivity index is 1.84. The number of amides is 1. The Labute approximate surface area is 164 Å². The summed E-state index contributed by atoms with van der Waals surface area (Å²) in [5.41, 5.74) is 5.10. The summed E-state index contributed by atoms with van der Waals surface area (Å²) in [5.74, 6) is 0.952. The van der Waals surface area contributed by atoms with Gasteiger partial charge in [0.1, 0.15) is 5.76 Å². The van der Waals surface area contributed by atoms with Gasteiger partial charge in [0, 0.05) is 29.1 Å². The molecule has 0 spiro atoms. The van der Waals surface area contributed by atoms with E-state index < -0.39 is 0 Å². The zero-order valence-corrected chi connectivity index (χ0v) is 16.4. The maximum absolute atomic E-state index is 12.4. The van der Waals surface area contributed by atoms with Crippen molar-refractivity contribution in [1.29, 1.82) is 0 Å². The lowest BCUT2D eigenvalue weighted by molar-refractivity contribution is 0.102. The van der Waals surface area contributed by atoms with Crippen molar-refractivity contribution >= 4 is 17.5 Å². The third-order valence-corrected chi connectivity index (χ3v) is 4.44. The molecule has 0 aliphatic heterocycles. The molecule has 3 rings (SSSR count). The van der Waals surface area contributed by atoms with Crippen LogP contribution in [0.4, 0.5) is 5.82 Å². The molecule has 142 valence electrons. The average molecular weight is 374 g/mol. The minimum Gasteiger partial charge on any atom is -0.496 e. The van der Waals surface area contributed by atoms with Crippen LogP contribution in [0.25, 0.3) is 17.0 Å². The summed E-state index contributed by atoms with van der Waals surface area (Å²) in [6.45, 7) is 5.79. The number of carbonyl (C=O) groups excluding carboxylic acids is 1. The van der Waals surface area contributed by atoms with Gasteiger partial charge in [-0.05, 0) is 50.1 Å². The highest BCUT2D eigenvalue weighted by Crippen LogP contribution is 2.26. The van der Waals surface area contributed by atoms with Crippen molar-refractivity contribution in [3.63, 3.8) is 0 Å². The van der Waals surface area contributed by atoms with E-state index in [-0.39, 0.29) is 5.91 Å². The van der Waals surface area contributed by atoms with E-state index in [1.54, 1.807) is 38.0 Å². The Hall–Kier alpha value is -3.54. The molecule has 1 N–H and O–H groups in total. The lowest BCUT2D eigenvalue weighted by atomic mass is 10.0. The molecule has 28 heavy (non-hydrogen) atoms. The fourth-order valence-electron chi connectivity index (χ4n) is 2.90. The van der Waals surface area contributed by atoms with E-state index in [1.807, 2.05) is 45.0 Å². The van der Waals surface area contributed by atoms with Gasteiger partial charge in [0.15, 0.2) is 5.82 Å².